The van der Waals surface area contributed by atoms with Gasteiger partial charge in [0.1, 0.15) is 6.04 Å². The molecule has 0 saturated carbocycles. The Labute approximate surface area is 268 Å². The fraction of sp³-hybridized carbons (Fsp3) is 0.294. The van der Waals surface area contributed by atoms with Crippen molar-refractivity contribution >= 4 is 61.5 Å². The third kappa shape index (κ3) is 6.72. The molecule has 230 valence electrons. The second-order valence-electron chi connectivity index (χ2n) is 10.9. The Morgan fingerprint density at radius 1 is 0.886 bits per heavy atom. The van der Waals surface area contributed by atoms with Gasteiger partial charge in [-0.2, -0.15) is 0 Å². The minimum atomic E-state index is -3.75. The number of carbonyl (C=O) groups is 2. The number of benzene rings is 4. The number of anilines is 1. The highest BCUT2D eigenvalue weighted by Crippen LogP contribution is 2.42. The first-order valence-corrected chi connectivity index (χ1v) is 17.0. The molecule has 10 heteroatoms. The highest BCUT2D eigenvalue weighted by atomic mass is 35.5. The summed E-state index contributed by atoms with van der Waals surface area (Å²) in [6.07, 6.45) is 2.30. The smallest absolute Gasteiger partial charge is 0.265 e. The number of hydrogen-bond donors (Lipinski definition) is 1. The molecule has 0 aliphatic carbocycles. The zero-order chi connectivity index (χ0) is 31.3. The normalized spacial score (nSPS) is 14.0. The highest BCUT2D eigenvalue weighted by Gasteiger charge is 2.36. The number of rotatable bonds is 13. The summed E-state index contributed by atoms with van der Waals surface area (Å²) < 4.78 is 28.3. The minimum Gasteiger partial charge on any atom is -0.354 e. The molecule has 44 heavy (non-hydrogen) atoms. The van der Waals surface area contributed by atoms with Gasteiger partial charge in [0.05, 0.1) is 10.6 Å². The van der Waals surface area contributed by atoms with Crippen LogP contribution in [0.4, 0.5) is 5.69 Å². The summed E-state index contributed by atoms with van der Waals surface area (Å²) in [6.45, 7) is 2.69. The number of nitrogens with zero attached hydrogens (tertiary/aromatic N) is 2. The molecular formula is C34H35Cl2N3O4S. The summed E-state index contributed by atoms with van der Waals surface area (Å²) in [4.78, 5) is 29.6. The lowest BCUT2D eigenvalue weighted by Crippen LogP contribution is -2.50. The molecule has 1 aliphatic heterocycles. The maximum absolute atomic E-state index is 14.1. The maximum atomic E-state index is 14.1. The average Bonchev–Trinajstić information content (AvgIpc) is 3.23. The van der Waals surface area contributed by atoms with E-state index in [9.17, 15) is 18.0 Å². The molecule has 4 aromatic carbocycles. The predicted octanol–water partition coefficient (Wildman–Crippen LogP) is 6.99. The number of sulfonamides is 1. The second-order valence-corrected chi connectivity index (χ2v) is 13.5. The van der Waals surface area contributed by atoms with Crippen molar-refractivity contribution in [3.63, 3.8) is 0 Å². The number of amides is 2. The van der Waals surface area contributed by atoms with E-state index in [-0.39, 0.29) is 42.6 Å². The summed E-state index contributed by atoms with van der Waals surface area (Å²) in [5.41, 5.74) is 2.07. The van der Waals surface area contributed by atoms with Crippen molar-refractivity contribution in [3.05, 3.63) is 106 Å². The fourth-order valence-electron chi connectivity index (χ4n) is 5.63. The van der Waals surface area contributed by atoms with E-state index in [0.29, 0.717) is 39.6 Å². The zero-order valence-corrected chi connectivity index (χ0v) is 26.8. The molecule has 0 unspecified atom stereocenters. The molecule has 0 radical (unpaired) electrons. The van der Waals surface area contributed by atoms with Crippen LogP contribution in [0.15, 0.2) is 89.8 Å². The number of hydrogen-bond acceptors (Lipinski definition) is 4. The van der Waals surface area contributed by atoms with Crippen LogP contribution in [-0.4, -0.2) is 44.3 Å². The average molecular weight is 653 g/mol. The molecule has 2 amide bonds. The number of nitrogens with one attached hydrogen (secondary N) is 1. The summed E-state index contributed by atoms with van der Waals surface area (Å²) in [7, 11) is -3.75. The molecule has 4 aromatic rings. The van der Waals surface area contributed by atoms with E-state index in [4.69, 9.17) is 23.2 Å². The van der Waals surface area contributed by atoms with Gasteiger partial charge >= 0.3 is 0 Å². The summed E-state index contributed by atoms with van der Waals surface area (Å²) in [5.74, 6) is -0.553. The molecule has 1 atom stereocenters. The molecule has 1 heterocycles. The molecule has 0 aromatic heterocycles. The van der Waals surface area contributed by atoms with Gasteiger partial charge in [0.25, 0.3) is 10.0 Å². The van der Waals surface area contributed by atoms with Crippen LogP contribution < -0.4 is 9.62 Å². The van der Waals surface area contributed by atoms with Gasteiger partial charge in [0.2, 0.25) is 11.8 Å². The van der Waals surface area contributed by atoms with Crippen LogP contribution in [0.5, 0.6) is 0 Å². The Morgan fingerprint density at radius 3 is 2.27 bits per heavy atom. The van der Waals surface area contributed by atoms with Crippen LogP contribution in [0.3, 0.4) is 0 Å². The van der Waals surface area contributed by atoms with Crippen molar-refractivity contribution in [2.24, 2.45) is 0 Å². The first-order valence-electron chi connectivity index (χ1n) is 14.8. The Hall–Kier alpha value is -3.59. The third-order valence-electron chi connectivity index (χ3n) is 7.92. The van der Waals surface area contributed by atoms with Crippen molar-refractivity contribution in [2.75, 3.05) is 17.4 Å². The highest BCUT2D eigenvalue weighted by molar-refractivity contribution is 7.93. The van der Waals surface area contributed by atoms with Gasteiger partial charge in [-0.05, 0) is 48.1 Å². The molecule has 0 spiro atoms. The SMILES string of the molecule is CCCCNC(=O)[C@@H](Cc1ccccc1)N(Cc1c(Cl)cccc1Cl)C(=O)CCCN1c2cccc3cccc(c23)S1(=O)=O. The fourth-order valence-corrected chi connectivity index (χ4v) is 7.90. The van der Waals surface area contributed by atoms with Crippen molar-refractivity contribution in [1.82, 2.24) is 10.2 Å². The van der Waals surface area contributed by atoms with Gasteiger partial charge in [-0.15, -0.1) is 0 Å². The lowest BCUT2D eigenvalue weighted by molar-refractivity contribution is -0.141. The van der Waals surface area contributed by atoms with Crippen molar-refractivity contribution in [3.8, 4) is 0 Å². The second kappa shape index (κ2) is 14.0. The van der Waals surface area contributed by atoms with E-state index in [1.165, 1.54) is 9.21 Å². The maximum Gasteiger partial charge on any atom is 0.265 e. The van der Waals surface area contributed by atoms with Gasteiger partial charge in [0.15, 0.2) is 0 Å². The van der Waals surface area contributed by atoms with Crippen molar-refractivity contribution in [2.45, 2.75) is 56.5 Å². The van der Waals surface area contributed by atoms with Gasteiger partial charge in [-0.1, -0.05) is 97.2 Å². The van der Waals surface area contributed by atoms with Crippen molar-refractivity contribution < 1.29 is 18.0 Å². The molecule has 1 aliphatic rings. The number of carbonyl (C=O) groups excluding carboxylic acids is 2. The van der Waals surface area contributed by atoms with Gasteiger partial charge in [-0.25, -0.2) is 8.42 Å². The Balaban J connectivity index is 1.41. The molecule has 5 rings (SSSR count). The Kier molecular flexibility index (Phi) is 10.1. The zero-order valence-electron chi connectivity index (χ0n) is 24.5. The van der Waals surface area contributed by atoms with E-state index in [0.717, 1.165) is 23.8 Å². The first kappa shape index (κ1) is 31.8. The summed E-state index contributed by atoms with van der Waals surface area (Å²) in [6, 6.07) is 24.6. The lowest BCUT2D eigenvalue weighted by atomic mass is 10.0. The van der Waals surface area contributed by atoms with Crippen LogP contribution in [0, 0.1) is 0 Å². The van der Waals surface area contributed by atoms with Gasteiger partial charge in [0, 0.05) is 53.5 Å². The van der Waals surface area contributed by atoms with Crippen LogP contribution in [0.1, 0.15) is 43.7 Å². The van der Waals surface area contributed by atoms with Gasteiger partial charge < -0.3 is 10.2 Å². The minimum absolute atomic E-state index is 0.0218. The monoisotopic (exact) mass is 651 g/mol. The van der Waals surface area contributed by atoms with Gasteiger partial charge in [-0.3, -0.25) is 13.9 Å². The molecule has 0 saturated heterocycles. The Bertz CT molecular complexity index is 1740. The van der Waals surface area contributed by atoms with Crippen molar-refractivity contribution in [1.29, 1.82) is 0 Å². The van der Waals surface area contributed by atoms with E-state index in [2.05, 4.69) is 5.32 Å². The summed E-state index contributed by atoms with van der Waals surface area (Å²) in [5, 5.41) is 5.34. The quantitative estimate of drug-likeness (QED) is 0.158. The predicted molar refractivity (Wildman–Crippen MR) is 177 cm³/mol. The van der Waals surface area contributed by atoms with E-state index in [1.807, 2.05) is 55.5 Å². The van der Waals surface area contributed by atoms with Crippen LogP contribution in [-0.2, 0) is 32.6 Å². The first-order chi connectivity index (χ1) is 21.2. The number of unbranched alkanes of at least 4 members (excludes halogenated alkanes) is 1. The largest absolute Gasteiger partial charge is 0.354 e. The third-order valence-corrected chi connectivity index (χ3v) is 10.5. The van der Waals surface area contributed by atoms with Crippen LogP contribution in [0.2, 0.25) is 10.0 Å². The van der Waals surface area contributed by atoms with E-state index in [1.54, 1.807) is 36.4 Å². The lowest BCUT2D eigenvalue weighted by Gasteiger charge is -2.32. The molecule has 0 bridgehead atoms. The topological polar surface area (TPSA) is 86.8 Å². The van der Waals surface area contributed by atoms with Crippen LogP contribution in [0.25, 0.3) is 10.8 Å². The standard InChI is InChI=1S/C34H35Cl2N3O4S/c1-2-3-20-37-34(41)30(22-24-11-5-4-6-12-24)38(23-26-27(35)15-9-16-28(26)36)32(40)19-10-21-39-29-17-7-13-25-14-8-18-31(33(25)29)44(39,42)43/h4-9,11-18,30H,2-3,10,19-23H2,1H3,(H,37,41)/t30-/m1/s1. The molecule has 1 N–H and O–H groups in total. The Morgan fingerprint density at radius 2 is 1.57 bits per heavy atom. The van der Waals surface area contributed by atoms with Crippen LogP contribution >= 0.6 is 23.2 Å². The van der Waals surface area contributed by atoms with E-state index >= 15 is 0 Å². The molecule has 0 fully saturated rings. The molecule has 7 nitrogen and oxygen atoms in total. The number of halogens is 2. The summed E-state index contributed by atoms with van der Waals surface area (Å²) >= 11 is 13.1. The molecular weight excluding hydrogens is 617 g/mol. The van der Waals surface area contributed by atoms with E-state index < -0.39 is 16.1 Å².